The molecule has 2 aromatic heterocycles. The molecule has 1 radical (unpaired) electrons. The van der Waals surface area contributed by atoms with Crippen LogP contribution in [-0.2, 0) is 39.5 Å². The molecule has 0 bridgehead atoms. The van der Waals surface area contributed by atoms with Gasteiger partial charge in [0.1, 0.15) is 18.1 Å². The number of nitrogens with zero attached hydrogens (tertiary/aromatic N) is 4. The normalized spacial score (nSPS) is 27.5. The van der Waals surface area contributed by atoms with Crippen molar-refractivity contribution in [2.24, 2.45) is 0 Å². The first-order chi connectivity index (χ1) is 12.5. The van der Waals surface area contributed by atoms with Gasteiger partial charge in [0, 0.05) is 0 Å². The second-order valence-corrected chi connectivity index (χ2v) is 8.24. The number of phosphoric ester groups is 1. The van der Waals surface area contributed by atoms with Gasteiger partial charge in [0.05, 0.1) is 19.0 Å². The Hall–Kier alpha value is -1.00. The molecule has 3 rings (SSSR count). The molecule has 157 valence electrons. The average Bonchev–Trinajstić information content (AvgIpc) is 3.07. The van der Waals surface area contributed by atoms with Crippen molar-refractivity contribution in [2.45, 2.75) is 24.5 Å². The van der Waals surface area contributed by atoms with Gasteiger partial charge >= 0.3 is 32.4 Å². The van der Waals surface area contributed by atoms with Gasteiger partial charge in [-0.3, -0.25) is 9.09 Å². The minimum atomic E-state index is -5.32. The number of nitrogen functional groups attached to an aromatic ring is 1. The van der Waals surface area contributed by atoms with Gasteiger partial charge in [0.25, 0.3) is 0 Å². The number of nitrogens with two attached hydrogens (primary N) is 1. The fraction of sp³-hybridized carbons (Fsp3) is 0.500. The zero-order chi connectivity index (χ0) is 20.0. The van der Waals surface area contributed by atoms with Gasteiger partial charge in [-0.15, -0.1) is 6.10 Å². The summed E-state index contributed by atoms with van der Waals surface area (Å²) in [5.74, 6) is 0.0496. The van der Waals surface area contributed by atoms with Crippen LogP contribution in [-0.4, -0.2) is 59.1 Å². The molecule has 5 N–H and O–H groups in total. The van der Waals surface area contributed by atoms with E-state index in [9.17, 15) is 24.2 Å². The Labute approximate surface area is 166 Å². The predicted molar refractivity (Wildman–Crippen MR) is 80.1 cm³/mol. The van der Waals surface area contributed by atoms with Crippen LogP contribution >= 0.6 is 15.6 Å². The summed E-state index contributed by atoms with van der Waals surface area (Å²) in [6, 6.07) is 0. The van der Waals surface area contributed by atoms with Crippen molar-refractivity contribution in [2.75, 3.05) is 12.3 Å². The van der Waals surface area contributed by atoms with Crippen molar-refractivity contribution in [3.8, 4) is 0 Å². The third kappa shape index (κ3) is 4.94. The second kappa shape index (κ2) is 8.39. The van der Waals surface area contributed by atoms with E-state index in [4.69, 9.17) is 20.3 Å². The number of rotatable bonds is 6. The molecule has 1 fully saturated rings. The minimum Gasteiger partial charge on any atom is -0.851 e. The Morgan fingerprint density at radius 2 is 1.89 bits per heavy atom. The quantitative estimate of drug-likeness (QED) is 0.299. The molecule has 18 heteroatoms. The van der Waals surface area contributed by atoms with Crippen molar-refractivity contribution >= 4 is 32.6 Å². The largest absolute Gasteiger partial charge is 2.00 e. The maximum absolute atomic E-state index is 12.3. The summed E-state index contributed by atoms with van der Waals surface area (Å²) < 4.78 is 36.4. The van der Waals surface area contributed by atoms with Gasteiger partial charge in [-0.25, -0.2) is 24.1 Å². The summed E-state index contributed by atoms with van der Waals surface area (Å²) in [6.07, 6.45) is -4.37. The van der Waals surface area contributed by atoms with E-state index in [1.54, 1.807) is 0 Å². The number of ether oxygens (including phenoxy) is 1. The Bertz CT molecular complexity index is 938. The van der Waals surface area contributed by atoms with E-state index in [2.05, 4.69) is 23.8 Å². The molecule has 1 aliphatic heterocycles. The summed E-state index contributed by atoms with van der Waals surface area (Å²) in [5.41, 5.74) is 5.96. The van der Waals surface area contributed by atoms with Gasteiger partial charge in [0.15, 0.2) is 11.5 Å². The Balaban J connectivity index is 0.00000280. The smallest absolute Gasteiger partial charge is 0.851 e. The van der Waals surface area contributed by atoms with Gasteiger partial charge in [-0.2, -0.15) is 4.31 Å². The zero-order valence-electron chi connectivity index (χ0n) is 13.5. The summed E-state index contributed by atoms with van der Waals surface area (Å²) >= 11 is 0. The molecular weight excluding hydrogens is 471 g/mol. The van der Waals surface area contributed by atoms with Crippen LogP contribution in [0.15, 0.2) is 12.7 Å². The van der Waals surface area contributed by atoms with Crippen LogP contribution in [0.1, 0.15) is 6.23 Å². The van der Waals surface area contributed by atoms with Crippen LogP contribution in [0.5, 0.6) is 0 Å². The summed E-state index contributed by atoms with van der Waals surface area (Å²) in [4.78, 5) is 37.9. The molecule has 1 saturated heterocycles. The predicted octanol–water partition coefficient (Wildman–Crippen LogP) is -3.01. The molecule has 0 amide bonds. The van der Waals surface area contributed by atoms with E-state index >= 15 is 0 Å². The molecule has 2 aromatic rings. The first-order valence-electron chi connectivity index (χ1n) is 7.13. The fourth-order valence-corrected chi connectivity index (χ4v) is 4.05. The average molecular weight is 484 g/mol. The number of hydrogen-bond acceptors (Lipinski definition) is 11. The first kappa shape index (κ1) is 23.3. The molecule has 0 spiro atoms. The summed E-state index contributed by atoms with van der Waals surface area (Å²) in [5, 5.41) is 24.4. The molecule has 15 nitrogen and oxygen atoms in total. The van der Waals surface area contributed by atoms with Crippen molar-refractivity contribution in [3.05, 3.63) is 12.7 Å². The van der Waals surface area contributed by atoms with E-state index in [0.29, 0.717) is 0 Å². The van der Waals surface area contributed by atoms with Crippen LogP contribution in [0.25, 0.3) is 11.2 Å². The number of imidazole rings is 1. The van der Waals surface area contributed by atoms with Crippen LogP contribution in [0.3, 0.4) is 0 Å². The molecule has 3 heterocycles. The van der Waals surface area contributed by atoms with Crippen molar-refractivity contribution in [1.82, 2.24) is 19.5 Å². The van der Waals surface area contributed by atoms with Gasteiger partial charge in [0.2, 0.25) is 0 Å². The maximum atomic E-state index is 12.3. The summed E-state index contributed by atoms with van der Waals surface area (Å²) in [7, 11) is -10.5. The topological polar surface area (TPSA) is 238 Å². The van der Waals surface area contributed by atoms with E-state index in [1.807, 2.05) is 0 Å². The van der Waals surface area contributed by atoms with Crippen LogP contribution in [0, 0.1) is 0 Å². The summed E-state index contributed by atoms with van der Waals surface area (Å²) in [6.45, 7) is -0.916. The molecule has 28 heavy (non-hydrogen) atoms. The van der Waals surface area contributed by atoms with Crippen LogP contribution in [0.4, 0.5) is 5.82 Å². The number of fused-ring (bicyclic) bond motifs is 1. The maximum Gasteiger partial charge on any atom is 2.00 e. The molecule has 0 aromatic carbocycles. The van der Waals surface area contributed by atoms with Gasteiger partial charge < -0.3 is 35.4 Å². The van der Waals surface area contributed by atoms with E-state index in [1.165, 1.54) is 10.9 Å². The number of anilines is 1. The first-order valence-corrected chi connectivity index (χ1v) is 10.2. The second-order valence-electron chi connectivity index (χ2n) is 5.41. The Morgan fingerprint density at radius 1 is 1.21 bits per heavy atom. The number of aromatic nitrogens is 4. The Kier molecular flexibility index (Phi) is 6.98. The minimum absolute atomic E-state index is 0. The number of phosphoric acid groups is 2. The molecule has 0 saturated carbocycles. The van der Waals surface area contributed by atoms with Gasteiger partial charge in [-0.1, -0.05) is 6.10 Å². The third-order valence-corrected chi connectivity index (χ3v) is 5.71. The van der Waals surface area contributed by atoms with Crippen molar-refractivity contribution < 1.29 is 64.4 Å². The standard InChI is InChI=1S/C10H13N5O10P2.Co/c11-8-5-9(13-2-12-8)15(3-14-5)10-7(17)6(16)4(24-10)1-23-27(21,22)25-26(18,19)20;/h2-4,6-7,10H,1H2,(H,21,22)(H2,11,12,13)(H2,18,19,20);/q-2;+2/t4-,6-,7-,10-;/m1./s1. The van der Waals surface area contributed by atoms with Gasteiger partial charge in [-0.05, 0) is 0 Å². The zero-order valence-corrected chi connectivity index (χ0v) is 16.3. The molecule has 1 unspecified atom stereocenters. The molecule has 0 aliphatic carbocycles. The van der Waals surface area contributed by atoms with E-state index in [-0.39, 0.29) is 33.8 Å². The van der Waals surface area contributed by atoms with Crippen LogP contribution in [0.2, 0.25) is 0 Å². The molecular formula is C10H13CoN5O10P2. The SMILES string of the molecule is Nc1ncnc2c1ncn2[C@@H]1O[C@H](COP(=O)(O)OP(=O)(O)O)[C@@H]([O-])[C@H]1[O-].[Co+2]. The Morgan fingerprint density at radius 3 is 2.54 bits per heavy atom. The van der Waals surface area contributed by atoms with Crippen molar-refractivity contribution in [3.63, 3.8) is 0 Å². The van der Waals surface area contributed by atoms with E-state index < -0.39 is 46.8 Å². The van der Waals surface area contributed by atoms with Crippen molar-refractivity contribution in [1.29, 1.82) is 0 Å². The fourth-order valence-electron chi connectivity index (χ4n) is 2.45. The van der Waals surface area contributed by atoms with E-state index in [0.717, 1.165) is 6.33 Å². The third-order valence-electron chi connectivity index (χ3n) is 3.56. The molecule has 5 atom stereocenters. The van der Waals surface area contributed by atoms with Crippen LogP contribution < -0.4 is 15.9 Å². The monoisotopic (exact) mass is 484 g/mol. The molecule has 1 aliphatic rings. The number of hydrogen-bond donors (Lipinski definition) is 4.